The molecule has 138 valence electrons. The van der Waals surface area contributed by atoms with Crippen LogP contribution in [0.1, 0.15) is 12.5 Å². The zero-order valence-electron chi connectivity index (χ0n) is 15.4. The van der Waals surface area contributed by atoms with Crippen molar-refractivity contribution in [2.45, 2.75) is 13.8 Å². The smallest absolute Gasteiger partial charge is 0.238 e. The molecule has 2 N–H and O–H groups in total. The first-order chi connectivity index (χ1) is 12.5. The Bertz CT molecular complexity index is 761. The number of hydrogen-bond donors (Lipinski definition) is 2. The van der Waals surface area contributed by atoms with Gasteiger partial charge in [-0.05, 0) is 43.3 Å². The van der Waals surface area contributed by atoms with E-state index in [9.17, 15) is 9.59 Å². The van der Waals surface area contributed by atoms with Crippen molar-refractivity contribution in [1.82, 2.24) is 4.90 Å². The third-order valence-electron chi connectivity index (χ3n) is 3.84. The molecular weight excluding hydrogens is 330 g/mol. The quantitative estimate of drug-likeness (QED) is 0.764. The van der Waals surface area contributed by atoms with Gasteiger partial charge < -0.3 is 15.4 Å². The highest BCUT2D eigenvalue weighted by Gasteiger charge is 2.13. The van der Waals surface area contributed by atoms with Gasteiger partial charge in [-0.2, -0.15) is 0 Å². The highest BCUT2D eigenvalue weighted by Crippen LogP contribution is 2.16. The van der Waals surface area contributed by atoms with Gasteiger partial charge in [-0.25, -0.2) is 0 Å². The molecule has 0 aliphatic carbocycles. The number of hydrogen-bond acceptors (Lipinski definition) is 4. The number of rotatable bonds is 8. The van der Waals surface area contributed by atoms with Gasteiger partial charge in [0.15, 0.2) is 0 Å². The minimum atomic E-state index is -0.177. The second-order valence-electron chi connectivity index (χ2n) is 6.00. The fourth-order valence-corrected chi connectivity index (χ4v) is 2.51. The number of aryl methyl sites for hydroxylation is 1. The third-order valence-corrected chi connectivity index (χ3v) is 3.84. The van der Waals surface area contributed by atoms with E-state index in [0.717, 1.165) is 11.3 Å². The number of carbonyl (C=O) groups is 2. The van der Waals surface area contributed by atoms with Crippen LogP contribution in [-0.2, 0) is 9.59 Å². The van der Waals surface area contributed by atoms with Crippen molar-refractivity contribution in [3.05, 3.63) is 54.1 Å². The van der Waals surface area contributed by atoms with Crippen LogP contribution in [0, 0.1) is 6.92 Å². The van der Waals surface area contributed by atoms with E-state index < -0.39 is 0 Å². The van der Waals surface area contributed by atoms with Crippen molar-refractivity contribution in [3.63, 3.8) is 0 Å². The van der Waals surface area contributed by atoms with Crippen molar-refractivity contribution in [3.8, 4) is 5.75 Å². The summed E-state index contributed by atoms with van der Waals surface area (Å²) in [5.41, 5.74) is 2.49. The molecule has 2 aromatic carbocycles. The number of likely N-dealkylation sites (N-methyl/N-ethyl adjacent to an activating group) is 1. The molecule has 0 unspecified atom stereocenters. The van der Waals surface area contributed by atoms with Crippen LogP contribution in [0.4, 0.5) is 11.4 Å². The van der Waals surface area contributed by atoms with E-state index in [0.29, 0.717) is 18.0 Å². The molecule has 0 aliphatic heterocycles. The van der Waals surface area contributed by atoms with Crippen molar-refractivity contribution >= 4 is 23.2 Å². The zero-order chi connectivity index (χ0) is 18.9. The summed E-state index contributed by atoms with van der Waals surface area (Å²) >= 11 is 0. The number of benzene rings is 2. The molecule has 2 aromatic rings. The normalized spacial score (nSPS) is 10.5. The number of ether oxygens (including phenoxy) is 1. The maximum atomic E-state index is 12.2. The Kier molecular flexibility index (Phi) is 7.17. The molecule has 0 bridgehead atoms. The number of nitrogens with zero attached hydrogens (tertiary/aromatic N) is 1. The summed E-state index contributed by atoms with van der Waals surface area (Å²) in [6.45, 7) is 4.76. The van der Waals surface area contributed by atoms with Crippen LogP contribution in [0.25, 0.3) is 0 Å². The highest BCUT2D eigenvalue weighted by molar-refractivity contribution is 5.94. The maximum absolute atomic E-state index is 12.2. The first-order valence-electron chi connectivity index (χ1n) is 8.53. The molecule has 0 atom stereocenters. The topological polar surface area (TPSA) is 70.7 Å². The highest BCUT2D eigenvalue weighted by atomic mass is 16.5. The number of methoxy groups -OCH3 is 1. The van der Waals surface area contributed by atoms with E-state index in [1.54, 1.807) is 30.2 Å². The molecular formula is C20H25N3O3. The van der Waals surface area contributed by atoms with Gasteiger partial charge in [0.05, 0.1) is 20.2 Å². The van der Waals surface area contributed by atoms with E-state index in [1.807, 2.05) is 44.2 Å². The lowest BCUT2D eigenvalue weighted by Crippen LogP contribution is -2.38. The van der Waals surface area contributed by atoms with Gasteiger partial charge in [-0.3, -0.25) is 14.5 Å². The summed E-state index contributed by atoms with van der Waals surface area (Å²) in [5, 5.41) is 5.68. The molecule has 2 amide bonds. The lowest BCUT2D eigenvalue weighted by Gasteiger charge is -2.19. The van der Waals surface area contributed by atoms with E-state index in [1.165, 1.54) is 0 Å². The number of amides is 2. The zero-order valence-corrected chi connectivity index (χ0v) is 15.4. The van der Waals surface area contributed by atoms with Crippen LogP contribution < -0.4 is 15.4 Å². The monoisotopic (exact) mass is 355 g/mol. The molecule has 0 aromatic heterocycles. The second-order valence-corrected chi connectivity index (χ2v) is 6.00. The molecule has 0 saturated heterocycles. The van der Waals surface area contributed by atoms with Gasteiger partial charge >= 0.3 is 0 Å². The van der Waals surface area contributed by atoms with Crippen molar-refractivity contribution in [2.75, 3.05) is 37.4 Å². The molecule has 26 heavy (non-hydrogen) atoms. The van der Waals surface area contributed by atoms with Gasteiger partial charge in [0.1, 0.15) is 5.75 Å². The van der Waals surface area contributed by atoms with E-state index >= 15 is 0 Å². The van der Waals surface area contributed by atoms with Gasteiger partial charge in [0.2, 0.25) is 11.8 Å². The first kappa shape index (κ1) is 19.5. The third kappa shape index (κ3) is 6.22. The van der Waals surface area contributed by atoms with Crippen molar-refractivity contribution in [2.24, 2.45) is 0 Å². The molecule has 6 heteroatoms. The molecule has 0 saturated carbocycles. The number of anilines is 2. The lowest BCUT2D eigenvalue weighted by atomic mass is 10.2. The molecule has 0 fully saturated rings. The molecule has 0 heterocycles. The molecule has 0 aliphatic rings. The van der Waals surface area contributed by atoms with E-state index in [-0.39, 0.29) is 24.9 Å². The van der Waals surface area contributed by atoms with Gasteiger partial charge in [0.25, 0.3) is 0 Å². The summed E-state index contributed by atoms with van der Waals surface area (Å²) in [6.07, 6.45) is 0. The van der Waals surface area contributed by atoms with Crippen LogP contribution in [0.3, 0.4) is 0 Å². The first-order valence-corrected chi connectivity index (χ1v) is 8.53. The number of carbonyl (C=O) groups excluding carboxylic acids is 2. The van der Waals surface area contributed by atoms with E-state index in [2.05, 4.69) is 10.6 Å². The molecule has 2 rings (SSSR count). The van der Waals surface area contributed by atoms with Crippen LogP contribution in [-0.4, -0.2) is 43.5 Å². The average molecular weight is 355 g/mol. The molecule has 0 spiro atoms. The van der Waals surface area contributed by atoms with Crippen LogP contribution in [0.15, 0.2) is 48.5 Å². The Labute approximate surface area is 154 Å². The van der Waals surface area contributed by atoms with Gasteiger partial charge in [-0.1, -0.05) is 25.1 Å². The van der Waals surface area contributed by atoms with Gasteiger partial charge in [0, 0.05) is 17.4 Å². The minimum absolute atomic E-state index is 0.134. The second kappa shape index (κ2) is 9.58. The Morgan fingerprint density at radius 3 is 2.08 bits per heavy atom. The summed E-state index contributed by atoms with van der Waals surface area (Å²) in [4.78, 5) is 26.2. The maximum Gasteiger partial charge on any atom is 0.238 e. The minimum Gasteiger partial charge on any atom is -0.497 e. The van der Waals surface area contributed by atoms with E-state index in [4.69, 9.17) is 4.74 Å². The SMILES string of the molecule is CCN(CC(=O)Nc1cccc(C)c1)CC(=O)Nc1cccc(OC)c1. The summed E-state index contributed by atoms with van der Waals surface area (Å²) in [7, 11) is 1.58. The fourth-order valence-electron chi connectivity index (χ4n) is 2.51. The molecule has 0 radical (unpaired) electrons. The van der Waals surface area contributed by atoms with Crippen molar-refractivity contribution in [1.29, 1.82) is 0 Å². The predicted molar refractivity (Wildman–Crippen MR) is 104 cm³/mol. The van der Waals surface area contributed by atoms with Crippen molar-refractivity contribution < 1.29 is 14.3 Å². The summed E-state index contributed by atoms with van der Waals surface area (Å²) < 4.78 is 5.14. The number of nitrogens with one attached hydrogen (secondary N) is 2. The Morgan fingerprint density at radius 1 is 0.962 bits per heavy atom. The summed E-state index contributed by atoms with van der Waals surface area (Å²) in [5.74, 6) is 0.350. The standard InChI is InChI=1S/C20H25N3O3/c1-4-23(13-19(24)21-16-8-5-7-15(2)11-16)14-20(25)22-17-9-6-10-18(12-17)26-3/h5-12H,4,13-14H2,1-3H3,(H,21,24)(H,22,25). The lowest BCUT2D eigenvalue weighted by molar-refractivity contribution is -0.119. The Morgan fingerprint density at radius 2 is 1.54 bits per heavy atom. The predicted octanol–water partition coefficient (Wildman–Crippen LogP) is 2.90. The van der Waals surface area contributed by atoms with Gasteiger partial charge in [-0.15, -0.1) is 0 Å². The van der Waals surface area contributed by atoms with Crippen LogP contribution >= 0.6 is 0 Å². The Balaban J connectivity index is 1.87. The average Bonchev–Trinajstić information content (AvgIpc) is 2.61. The van der Waals surface area contributed by atoms with Crippen LogP contribution in [0.2, 0.25) is 0 Å². The fraction of sp³-hybridized carbons (Fsp3) is 0.300. The molecule has 6 nitrogen and oxygen atoms in total. The summed E-state index contributed by atoms with van der Waals surface area (Å²) in [6, 6.07) is 14.8. The largest absolute Gasteiger partial charge is 0.497 e. The van der Waals surface area contributed by atoms with Crippen LogP contribution in [0.5, 0.6) is 5.75 Å². The Hall–Kier alpha value is -2.86.